The Morgan fingerprint density at radius 3 is 2.31 bits per heavy atom. The van der Waals surface area contributed by atoms with Crippen molar-refractivity contribution in [1.29, 1.82) is 0 Å². The molecule has 0 saturated carbocycles. The lowest BCUT2D eigenvalue weighted by molar-refractivity contribution is -0.137. The van der Waals surface area contributed by atoms with Crippen LogP contribution < -0.4 is 10.2 Å². The molecule has 0 unspecified atom stereocenters. The maximum atomic E-state index is 11.5. The van der Waals surface area contributed by atoms with E-state index in [1.54, 1.807) is 0 Å². The van der Waals surface area contributed by atoms with Crippen LogP contribution in [0.4, 0.5) is 5.69 Å². The van der Waals surface area contributed by atoms with E-state index in [4.69, 9.17) is 0 Å². The fourth-order valence-electron chi connectivity index (χ4n) is 2.88. The van der Waals surface area contributed by atoms with Gasteiger partial charge in [-0.3, -0.25) is 4.79 Å². The Labute approximate surface area is 156 Å². The summed E-state index contributed by atoms with van der Waals surface area (Å²) < 4.78 is 0. The van der Waals surface area contributed by atoms with Gasteiger partial charge in [-0.2, -0.15) is 0 Å². The Morgan fingerprint density at radius 1 is 1.12 bits per heavy atom. The number of anilines is 1. The third kappa shape index (κ3) is 6.37. The molecule has 0 spiro atoms. The first-order valence-corrected chi connectivity index (χ1v) is 9.00. The van der Waals surface area contributed by atoms with Crippen molar-refractivity contribution in [2.24, 2.45) is 0 Å². The number of nitrogens with one attached hydrogen (secondary N) is 1. The maximum Gasteiger partial charge on any atom is 0.305 e. The van der Waals surface area contributed by atoms with Gasteiger partial charge in [-0.05, 0) is 31.5 Å². The third-order valence-corrected chi connectivity index (χ3v) is 4.40. The van der Waals surface area contributed by atoms with E-state index >= 15 is 0 Å². The monoisotopic (exact) mass is 352 g/mol. The van der Waals surface area contributed by atoms with Crippen LogP contribution in [-0.4, -0.2) is 30.2 Å². The summed E-state index contributed by atoms with van der Waals surface area (Å²) in [4.78, 5) is 13.6. The minimum absolute atomic E-state index is 0.0910. The molecule has 2 aromatic rings. The summed E-state index contributed by atoms with van der Waals surface area (Å²) in [5.74, 6) is -0.782. The number of nitrogens with zero attached hydrogens (tertiary/aromatic N) is 1. The van der Waals surface area contributed by atoms with Crippen molar-refractivity contribution in [3.63, 3.8) is 0 Å². The van der Waals surface area contributed by atoms with Gasteiger partial charge in [0.1, 0.15) is 0 Å². The number of hydrogen-bond donors (Lipinski definition) is 2. The first-order chi connectivity index (χ1) is 12.6. The molecule has 0 radical (unpaired) electrons. The first kappa shape index (κ1) is 19.7. The molecule has 0 aromatic heterocycles. The number of aliphatic carboxylic acids is 1. The summed E-state index contributed by atoms with van der Waals surface area (Å²) in [5, 5.41) is 12.8. The molecule has 0 heterocycles. The molecule has 2 rings (SSSR count). The van der Waals surface area contributed by atoms with Crippen LogP contribution in [0, 0.1) is 0 Å². The van der Waals surface area contributed by atoms with Crippen molar-refractivity contribution in [2.75, 3.05) is 18.0 Å². The molecule has 2 N–H and O–H groups in total. The van der Waals surface area contributed by atoms with Gasteiger partial charge >= 0.3 is 5.97 Å². The number of para-hydroxylation sites is 1. The van der Waals surface area contributed by atoms with E-state index in [0.29, 0.717) is 13.1 Å². The molecule has 0 aliphatic carbocycles. The summed E-state index contributed by atoms with van der Waals surface area (Å²) in [6, 6.07) is 20.0. The van der Waals surface area contributed by atoms with Gasteiger partial charge in [0.05, 0.1) is 12.5 Å². The number of carboxylic acids is 1. The molecule has 1 atom stereocenters. The molecule has 0 aliphatic rings. The quantitative estimate of drug-likeness (QED) is 0.632. The molecule has 0 bridgehead atoms. The SMILES string of the molecule is C/C=C(/C)CN(c1ccccc1)[C@H](CNCc1ccccc1)CC(=O)O. The van der Waals surface area contributed by atoms with Crippen LogP contribution >= 0.6 is 0 Å². The molecule has 2 aromatic carbocycles. The van der Waals surface area contributed by atoms with E-state index in [1.165, 1.54) is 11.1 Å². The van der Waals surface area contributed by atoms with E-state index in [2.05, 4.69) is 35.3 Å². The summed E-state index contributed by atoms with van der Waals surface area (Å²) >= 11 is 0. The lowest BCUT2D eigenvalue weighted by Crippen LogP contribution is -2.44. The molecular formula is C22H28N2O2. The van der Waals surface area contributed by atoms with E-state index in [-0.39, 0.29) is 12.5 Å². The van der Waals surface area contributed by atoms with Gasteiger partial charge < -0.3 is 15.3 Å². The Morgan fingerprint density at radius 2 is 1.73 bits per heavy atom. The highest BCUT2D eigenvalue weighted by molar-refractivity contribution is 5.68. The van der Waals surface area contributed by atoms with Crippen LogP contribution in [-0.2, 0) is 11.3 Å². The van der Waals surface area contributed by atoms with Crippen LogP contribution in [0.5, 0.6) is 0 Å². The van der Waals surface area contributed by atoms with Gasteiger partial charge in [0.2, 0.25) is 0 Å². The Kier molecular flexibility index (Phi) is 7.90. The lowest BCUT2D eigenvalue weighted by Gasteiger charge is -2.33. The number of benzene rings is 2. The third-order valence-electron chi connectivity index (χ3n) is 4.40. The molecule has 138 valence electrons. The summed E-state index contributed by atoms with van der Waals surface area (Å²) in [7, 11) is 0. The Bertz CT molecular complexity index is 699. The second-order valence-electron chi connectivity index (χ2n) is 6.47. The van der Waals surface area contributed by atoms with Gasteiger partial charge in [-0.1, -0.05) is 60.2 Å². The molecule has 0 saturated heterocycles. The smallest absolute Gasteiger partial charge is 0.305 e. The molecular weight excluding hydrogens is 324 g/mol. The molecule has 4 nitrogen and oxygen atoms in total. The maximum absolute atomic E-state index is 11.5. The standard InChI is InChI=1S/C22H28N2O2/c1-3-18(2)17-24(20-12-8-5-9-13-20)21(14-22(25)26)16-23-15-19-10-6-4-7-11-19/h3-13,21,23H,14-17H2,1-2H3,(H,25,26)/b18-3-/t21-/m0/s1. The normalized spacial score (nSPS) is 12.6. The first-order valence-electron chi connectivity index (χ1n) is 9.00. The Balaban J connectivity index is 2.14. The van der Waals surface area contributed by atoms with Crippen LogP contribution in [0.2, 0.25) is 0 Å². The number of rotatable bonds is 10. The van der Waals surface area contributed by atoms with Gasteiger partial charge in [0.25, 0.3) is 0 Å². The van der Waals surface area contributed by atoms with Gasteiger partial charge in [0, 0.05) is 25.3 Å². The highest BCUT2D eigenvalue weighted by atomic mass is 16.4. The summed E-state index contributed by atoms with van der Waals surface area (Å²) in [6.07, 6.45) is 2.17. The molecule has 0 aliphatic heterocycles. The number of hydrogen-bond acceptors (Lipinski definition) is 3. The highest BCUT2D eigenvalue weighted by Gasteiger charge is 2.22. The van der Waals surface area contributed by atoms with E-state index in [9.17, 15) is 9.90 Å². The van der Waals surface area contributed by atoms with Crippen LogP contribution in [0.15, 0.2) is 72.3 Å². The molecule has 0 amide bonds. The van der Waals surface area contributed by atoms with Crippen molar-refractivity contribution in [3.8, 4) is 0 Å². The van der Waals surface area contributed by atoms with Crippen molar-refractivity contribution in [1.82, 2.24) is 5.32 Å². The number of allylic oxidation sites excluding steroid dienone is 1. The predicted molar refractivity (Wildman–Crippen MR) is 107 cm³/mol. The molecule has 4 heteroatoms. The summed E-state index contributed by atoms with van der Waals surface area (Å²) in [6.45, 7) is 6.13. The zero-order valence-electron chi connectivity index (χ0n) is 15.6. The zero-order chi connectivity index (χ0) is 18.8. The minimum Gasteiger partial charge on any atom is -0.481 e. The minimum atomic E-state index is -0.782. The lowest BCUT2D eigenvalue weighted by atomic mass is 10.1. The Hall–Kier alpha value is -2.59. The van der Waals surface area contributed by atoms with Crippen molar-refractivity contribution >= 4 is 11.7 Å². The van der Waals surface area contributed by atoms with Crippen LogP contribution in [0.3, 0.4) is 0 Å². The van der Waals surface area contributed by atoms with Crippen molar-refractivity contribution in [3.05, 3.63) is 77.9 Å². The van der Waals surface area contributed by atoms with Gasteiger partial charge in [-0.25, -0.2) is 0 Å². The van der Waals surface area contributed by atoms with Crippen molar-refractivity contribution < 1.29 is 9.90 Å². The topological polar surface area (TPSA) is 52.6 Å². The fourth-order valence-corrected chi connectivity index (χ4v) is 2.88. The predicted octanol–water partition coefficient (Wildman–Crippen LogP) is 4.09. The second-order valence-corrected chi connectivity index (χ2v) is 6.47. The average molecular weight is 352 g/mol. The summed E-state index contributed by atoms with van der Waals surface area (Å²) in [5.41, 5.74) is 3.45. The number of carbonyl (C=O) groups is 1. The van der Waals surface area contributed by atoms with E-state index in [1.807, 2.05) is 55.5 Å². The van der Waals surface area contributed by atoms with Gasteiger partial charge in [-0.15, -0.1) is 0 Å². The fraction of sp³-hybridized carbons (Fsp3) is 0.318. The number of carboxylic acid groups (broad SMARTS) is 1. The van der Waals surface area contributed by atoms with Crippen LogP contribution in [0.1, 0.15) is 25.8 Å². The largest absolute Gasteiger partial charge is 0.481 e. The second kappa shape index (κ2) is 10.4. The average Bonchev–Trinajstić information content (AvgIpc) is 2.66. The van der Waals surface area contributed by atoms with Crippen molar-refractivity contribution in [2.45, 2.75) is 32.9 Å². The van der Waals surface area contributed by atoms with E-state index in [0.717, 1.165) is 12.2 Å². The zero-order valence-corrected chi connectivity index (χ0v) is 15.6. The highest BCUT2D eigenvalue weighted by Crippen LogP contribution is 2.20. The molecule has 0 fully saturated rings. The van der Waals surface area contributed by atoms with Crippen LogP contribution in [0.25, 0.3) is 0 Å². The van der Waals surface area contributed by atoms with Gasteiger partial charge in [0.15, 0.2) is 0 Å². The van der Waals surface area contributed by atoms with E-state index < -0.39 is 5.97 Å². The molecule has 26 heavy (non-hydrogen) atoms.